The zero-order chi connectivity index (χ0) is 41.5. The largest absolute Gasteiger partial charge is 0.659 e. The van der Waals surface area contributed by atoms with Crippen LogP contribution in [0.25, 0.3) is 27.3 Å². The average molecular weight is 849 g/mol. The van der Waals surface area contributed by atoms with Crippen molar-refractivity contribution in [3.8, 4) is 22.6 Å². The molecule has 3 aromatic heterocycles. The molecule has 6 aromatic rings. The molecule has 0 amide bonds. The smallest absolute Gasteiger partial charge is 0.352 e. The van der Waals surface area contributed by atoms with Crippen LogP contribution in [0.3, 0.4) is 0 Å². The van der Waals surface area contributed by atoms with Crippen molar-refractivity contribution in [1.82, 2.24) is 29.0 Å². The van der Waals surface area contributed by atoms with Crippen molar-refractivity contribution in [2.75, 3.05) is 56.6 Å². The van der Waals surface area contributed by atoms with Crippen molar-refractivity contribution in [3.05, 3.63) is 105 Å². The van der Waals surface area contributed by atoms with E-state index >= 15 is 0 Å². The molecule has 3 aliphatic rings. The molecule has 8 bridgehead atoms. The van der Waals surface area contributed by atoms with Gasteiger partial charge in [0.15, 0.2) is 0 Å². The molecule has 15 heteroatoms. The molecule has 6 heterocycles. The number of hydrogen-bond acceptors (Lipinski definition) is 9. The van der Waals surface area contributed by atoms with Crippen molar-refractivity contribution in [3.63, 3.8) is 0 Å². The van der Waals surface area contributed by atoms with Gasteiger partial charge in [0.2, 0.25) is 0 Å². The summed E-state index contributed by atoms with van der Waals surface area (Å²) in [6.45, 7) is 6.14. The number of benzene rings is 3. The highest BCUT2D eigenvalue weighted by Gasteiger charge is 2.29. The Morgan fingerprint density at radius 2 is 1.78 bits per heavy atom. The van der Waals surface area contributed by atoms with E-state index in [4.69, 9.17) is 31.3 Å². The molecule has 0 unspecified atom stereocenters. The third-order valence-corrected chi connectivity index (χ3v) is 13.2. The first-order valence-electron chi connectivity index (χ1n) is 20.7. The van der Waals surface area contributed by atoms with Crippen molar-refractivity contribution in [1.29, 1.82) is 0 Å². The van der Waals surface area contributed by atoms with Crippen LogP contribution >= 0.6 is 23.4 Å². The van der Waals surface area contributed by atoms with Gasteiger partial charge in [-0.2, -0.15) is 10.2 Å². The minimum atomic E-state index is -0.990. The maximum atomic E-state index is 13.1. The number of nitrogens with zero attached hydrogens (tertiary/aromatic N) is 8. The summed E-state index contributed by atoms with van der Waals surface area (Å²) in [6.07, 6.45) is 3.19. The van der Waals surface area contributed by atoms with Crippen molar-refractivity contribution < 1.29 is 19.4 Å². The normalized spacial score (nSPS) is 16.4. The molecule has 9 rings (SSSR count). The van der Waals surface area contributed by atoms with Gasteiger partial charge < -0.3 is 34.7 Å². The number of rotatable bonds is 5. The number of ether oxygens (including phenoxy) is 2. The lowest BCUT2D eigenvalue weighted by molar-refractivity contribution is 0.0685. The Labute approximate surface area is 359 Å². The SMILES string of the molecule is CN1Cc2cc(n(C)n2)CSc2cc3c(c(c2)OCCCc2c(C(=O)O)n(C)c4c(c(Cl)ccc24)-c2c(COc4ccc(N5CC[N-]CC5)cc4)nn(C)c2C1)NCCC3. The fraction of sp³-hybridized carbons (Fsp3) is 0.400. The van der Waals surface area contributed by atoms with Crippen LogP contribution in [0.4, 0.5) is 11.4 Å². The number of carbonyl (C=O) groups is 1. The van der Waals surface area contributed by atoms with Gasteiger partial charge >= 0.3 is 5.97 Å². The topological polar surface area (TPSA) is 129 Å². The van der Waals surface area contributed by atoms with Crippen LogP contribution in [0.2, 0.25) is 5.02 Å². The summed E-state index contributed by atoms with van der Waals surface area (Å²) in [5.74, 6) is 1.34. The lowest BCUT2D eigenvalue weighted by Crippen LogP contribution is -2.33. The molecular weight excluding hydrogens is 798 g/mol. The van der Waals surface area contributed by atoms with Gasteiger partial charge in [0.25, 0.3) is 0 Å². The lowest BCUT2D eigenvalue weighted by atomic mass is 9.97. The second-order valence-corrected chi connectivity index (χ2v) is 17.4. The number of anilines is 2. The van der Waals surface area contributed by atoms with E-state index in [0.717, 1.165) is 124 Å². The predicted molar refractivity (Wildman–Crippen MR) is 238 cm³/mol. The van der Waals surface area contributed by atoms with Crippen molar-refractivity contribution in [2.45, 2.75) is 56.0 Å². The number of aromatic nitrogens is 5. The van der Waals surface area contributed by atoms with Crippen LogP contribution in [0.15, 0.2) is 59.5 Å². The summed E-state index contributed by atoms with van der Waals surface area (Å²) >= 11 is 9.05. The Kier molecular flexibility index (Phi) is 11.5. The number of aryl methyl sites for hydroxylation is 5. The van der Waals surface area contributed by atoms with E-state index in [-0.39, 0.29) is 12.3 Å². The minimum absolute atomic E-state index is 0.183. The number of nitrogens with one attached hydrogen (secondary N) is 1. The Balaban J connectivity index is 1.13. The van der Waals surface area contributed by atoms with Crippen molar-refractivity contribution >= 4 is 51.6 Å². The van der Waals surface area contributed by atoms with Crippen LogP contribution in [0, 0.1) is 0 Å². The second-order valence-electron chi connectivity index (χ2n) is 16.0. The van der Waals surface area contributed by atoms with Gasteiger partial charge in [-0.15, -0.1) is 24.9 Å². The van der Waals surface area contributed by atoms with E-state index in [1.807, 2.05) is 54.8 Å². The van der Waals surface area contributed by atoms with Gasteiger partial charge in [0.1, 0.15) is 29.5 Å². The van der Waals surface area contributed by atoms with E-state index in [2.05, 4.69) is 57.8 Å². The molecule has 0 saturated carbocycles. The highest BCUT2D eigenvalue weighted by molar-refractivity contribution is 7.98. The summed E-state index contributed by atoms with van der Waals surface area (Å²) in [7, 11) is 7.86. The van der Waals surface area contributed by atoms with E-state index in [0.29, 0.717) is 43.3 Å². The molecule has 0 spiro atoms. The number of piperazine rings is 1. The number of thioether (sulfide) groups is 1. The molecule has 60 heavy (non-hydrogen) atoms. The third kappa shape index (κ3) is 7.93. The first kappa shape index (κ1) is 40.3. The highest BCUT2D eigenvalue weighted by Crippen LogP contribution is 2.43. The second kappa shape index (κ2) is 17.1. The summed E-state index contributed by atoms with van der Waals surface area (Å²) in [5, 5.41) is 30.1. The highest BCUT2D eigenvalue weighted by atomic mass is 35.5. The standard InChI is InChI=1S/C45H51ClN9O4S/c1-51-24-29-22-31(53(3)49-29)27-60-33-21-28-7-5-15-48-42(28)39(23-33)58-20-6-8-34-35-13-14-36(46)40(43(35)52(2)44(34)45(56)57)41-37(50-54(4)38(41)25-51)26-59-32-11-9-30(10-12-32)55-18-16-47-17-19-55/h9-14,21-23,48H,5-8,15-20,24-27H2,1-4H3,(H,56,57)/q-1. The molecule has 0 aliphatic carbocycles. The van der Waals surface area contributed by atoms with Crippen LogP contribution in [0.1, 0.15) is 57.2 Å². The van der Waals surface area contributed by atoms with Crippen LogP contribution in [-0.2, 0) is 59.4 Å². The first-order valence-corrected chi connectivity index (χ1v) is 22.0. The molecule has 3 aromatic carbocycles. The van der Waals surface area contributed by atoms with Gasteiger partial charge in [-0.1, -0.05) is 17.7 Å². The number of fused-ring (bicyclic) bond motifs is 8. The number of halogens is 1. The zero-order valence-electron chi connectivity index (χ0n) is 34.6. The van der Waals surface area contributed by atoms with E-state index in [1.54, 1.807) is 16.3 Å². The molecule has 2 N–H and O–H groups in total. The Bertz CT molecular complexity index is 2560. The molecule has 3 aliphatic heterocycles. The van der Waals surface area contributed by atoms with E-state index in [1.165, 1.54) is 5.56 Å². The van der Waals surface area contributed by atoms with E-state index < -0.39 is 5.97 Å². The first-order chi connectivity index (χ1) is 29.1. The van der Waals surface area contributed by atoms with Gasteiger partial charge in [-0.25, -0.2) is 4.79 Å². The molecular formula is C45H51ClN9O4S-. The zero-order valence-corrected chi connectivity index (χ0v) is 36.2. The molecule has 13 nitrogen and oxygen atoms in total. The molecule has 314 valence electrons. The molecule has 1 fully saturated rings. The lowest BCUT2D eigenvalue weighted by Gasteiger charge is -2.36. The summed E-state index contributed by atoms with van der Waals surface area (Å²) in [6, 6.07) is 18.6. The van der Waals surface area contributed by atoms with Crippen molar-refractivity contribution in [2.24, 2.45) is 21.1 Å². The van der Waals surface area contributed by atoms with Gasteiger partial charge in [0.05, 0.1) is 34.2 Å². The number of carboxylic acids is 1. The summed E-state index contributed by atoms with van der Waals surface area (Å²) in [5.41, 5.74) is 10.5. The Morgan fingerprint density at radius 3 is 2.58 bits per heavy atom. The third-order valence-electron chi connectivity index (χ3n) is 11.9. The number of carboxylic acid groups (broad SMARTS) is 1. The van der Waals surface area contributed by atoms with E-state index in [9.17, 15) is 9.90 Å². The predicted octanol–water partition coefficient (Wildman–Crippen LogP) is 8.04. The average Bonchev–Trinajstić information content (AvgIpc) is 3.86. The molecule has 0 radical (unpaired) electrons. The van der Waals surface area contributed by atoms with Crippen LogP contribution in [-0.4, -0.2) is 86.5 Å². The maximum absolute atomic E-state index is 13.1. The molecule has 0 atom stereocenters. The maximum Gasteiger partial charge on any atom is 0.352 e. The number of aromatic carboxylic acids is 1. The fourth-order valence-electron chi connectivity index (χ4n) is 9.02. The number of hydrogen-bond donors (Lipinski definition) is 2. The summed E-state index contributed by atoms with van der Waals surface area (Å²) in [4.78, 5) is 18.8. The molecule has 1 saturated heterocycles. The van der Waals surface area contributed by atoms with Gasteiger partial charge in [-0.3, -0.25) is 14.3 Å². The van der Waals surface area contributed by atoms with Gasteiger partial charge in [0, 0.05) is 79.3 Å². The van der Waals surface area contributed by atoms with Gasteiger partial charge in [-0.05, 0) is 105 Å². The monoisotopic (exact) mass is 848 g/mol. The fourth-order valence-corrected chi connectivity index (χ4v) is 10.3. The Morgan fingerprint density at radius 1 is 0.967 bits per heavy atom. The quantitative estimate of drug-likeness (QED) is 0.176. The van der Waals surface area contributed by atoms with Crippen LogP contribution < -0.4 is 19.7 Å². The summed E-state index contributed by atoms with van der Waals surface area (Å²) < 4.78 is 18.7. The Hall–Kier alpha value is -5.15. The van der Waals surface area contributed by atoms with Crippen LogP contribution in [0.5, 0.6) is 11.5 Å². The minimum Gasteiger partial charge on any atom is -0.659 e.